The van der Waals surface area contributed by atoms with Crippen LogP contribution >= 0.6 is 0 Å². The van der Waals surface area contributed by atoms with Gasteiger partial charge in [-0.15, -0.1) is 0 Å². The Hall–Kier alpha value is -2.34. The minimum Gasteiger partial charge on any atom is -0.462 e. The van der Waals surface area contributed by atoms with E-state index in [4.69, 9.17) is 18.9 Å². The second-order valence-electron chi connectivity index (χ2n) is 15.2. The molecule has 2 aliphatic heterocycles. The van der Waals surface area contributed by atoms with Gasteiger partial charge in [-0.05, 0) is 50.5 Å². The fourth-order valence-electron chi connectivity index (χ4n) is 11.5. The smallest absolute Gasteiger partial charge is 0.343 e. The molecule has 5 aliphatic carbocycles. The Morgan fingerprint density at radius 1 is 0.953 bits per heavy atom. The van der Waals surface area contributed by atoms with E-state index in [0.29, 0.717) is 12.2 Å². The third-order valence-corrected chi connectivity index (χ3v) is 13.5. The van der Waals surface area contributed by atoms with Crippen LogP contribution in [-0.4, -0.2) is 81.2 Å². The summed E-state index contributed by atoms with van der Waals surface area (Å²) in [6.45, 7) is 11.6. The highest BCUT2D eigenvalue weighted by Crippen LogP contribution is 2.75. The molecule has 11 nitrogen and oxygen atoms in total. The summed E-state index contributed by atoms with van der Waals surface area (Å²) in [4.78, 5) is 52.1. The maximum Gasteiger partial charge on any atom is 0.343 e. The molecule has 0 spiro atoms. The van der Waals surface area contributed by atoms with Crippen molar-refractivity contribution in [3.05, 3.63) is 11.8 Å². The van der Waals surface area contributed by atoms with Crippen molar-refractivity contribution in [2.75, 3.05) is 0 Å². The molecule has 0 aromatic rings. The standard InChI is InChI=1S/C32H42O11/c1-11-8-18-31(6,32(7,39)28(38)43-18)22-20(11)30(5)17(40-12(2)33)10-14-19(21(30)25(22)37)24(36)23(35)15-9-16-26(42-16)27(29(14,15)4)41-13(3)34/h8,11,14-17,19-22,24-27,36-37,39H,9-10H2,1-7H3/t11-,14+,15-,16+,17+,19-,20+,21-,22-,24-,25-,26+,27+,29-,30-,31+,32-/m1/s1. The number of rotatable bonds is 2. The lowest BCUT2D eigenvalue weighted by Crippen LogP contribution is -2.70. The largest absolute Gasteiger partial charge is 0.462 e. The summed E-state index contributed by atoms with van der Waals surface area (Å²) in [6.07, 6.45) is -2.28. The van der Waals surface area contributed by atoms with Gasteiger partial charge in [0.1, 0.15) is 30.2 Å². The molecular formula is C32H42O11. The Labute approximate surface area is 250 Å². The number of hydrogen-bond donors (Lipinski definition) is 3. The molecule has 4 saturated carbocycles. The third kappa shape index (κ3) is 3.29. The molecule has 17 atom stereocenters. The summed E-state index contributed by atoms with van der Waals surface area (Å²) in [6, 6.07) is 0. The number of aliphatic hydroxyl groups excluding tert-OH is 2. The number of hydrogen-bond acceptors (Lipinski definition) is 11. The lowest BCUT2D eigenvalue weighted by atomic mass is 9.42. The van der Waals surface area contributed by atoms with Crippen LogP contribution in [0, 0.1) is 57.7 Å². The molecule has 0 radical (unpaired) electrons. The van der Waals surface area contributed by atoms with Crippen molar-refractivity contribution < 1.29 is 53.4 Å². The first-order valence-corrected chi connectivity index (χ1v) is 15.5. The van der Waals surface area contributed by atoms with Crippen molar-refractivity contribution in [3.63, 3.8) is 0 Å². The third-order valence-electron chi connectivity index (χ3n) is 13.5. The van der Waals surface area contributed by atoms with Crippen LogP contribution in [0.5, 0.6) is 0 Å². The van der Waals surface area contributed by atoms with E-state index in [2.05, 4.69) is 0 Å². The monoisotopic (exact) mass is 602 g/mol. The molecule has 43 heavy (non-hydrogen) atoms. The van der Waals surface area contributed by atoms with Gasteiger partial charge in [0.25, 0.3) is 0 Å². The fourth-order valence-corrected chi connectivity index (χ4v) is 11.5. The van der Waals surface area contributed by atoms with Gasteiger partial charge >= 0.3 is 17.9 Å². The minimum absolute atomic E-state index is 0.249. The first-order chi connectivity index (χ1) is 19.9. The topological polar surface area (TPSA) is 169 Å². The lowest BCUT2D eigenvalue weighted by Gasteiger charge is -2.63. The van der Waals surface area contributed by atoms with Crippen LogP contribution in [0.25, 0.3) is 0 Å². The Bertz CT molecular complexity index is 1350. The highest BCUT2D eigenvalue weighted by molar-refractivity contribution is 5.88. The van der Waals surface area contributed by atoms with Crippen molar-refractivity contribution in [2.45, 2.75) is 104 Å². The second-order valence-corrected chi connectivity index (χ2v) is 15.2. The summed E-state index contributed by atoms with van der Waals surface area (Å²) in [5.74, 6) is -5.98. The number of ketones is 1. The lowest BCUT2D eigenvalue weighted by molar-refractivity contribution is -0.233. The summed E-state index contributed by atoms with van der Waals surface area (Å²) < 4.78 is 23.5. The van der Waals surface area contributed by atoms with E-state index in [9.17, 15) is 34.5 Å². The van der Waals surface area contributed by atoms with Gasteiger partial charge in [-0.25, -0.2) is 4.79 Å². The Kier molecular flexibility index (Phi) is 5.93. The molecule has 0 aromatic carbocycles. The molecule has 0 aromatic heterocycles. The van der Waals surface area contributed by atoms with Crippen LogP contribution in [0.2, 0.25) is 0 Å². The van der Waals surface area contributed by atoms with E-state index in [1.54, 1.807) is 6.92 Å². The Balaban J connectivity index is 1.42. The highest BCUT2D eigenvalue weighted by Gasteiger charge is 2.80. The maximum absolute atomic E-state index is 14.1. The van der Waals surface area contributed by atoms with Crippen LogP contribution in [0.3, 0.4) is 0 Å². The molecule has 7 rings (SSSR count). The summed E-state index contributed by atoms with van der Waals surface area (Å²) >= 11 is 0. The van der Waals surface area contributed by atoms with Crippen molar-refractivity contribution in [3.8, 4) is 0 Å². The number of aliphatic hydroxyl groups is 3. The molecule has 2 heterocycles. The quantitative estimate of drug-likeness (QED) is 0.237. The normalized spacial score (nSPS) is 57.5. The van der Waals surface area contributed by atoms with Gasteiger partial charge in [-0.1, -0.05) is 20.8 Å². The van der Waals surface area contributed by atoms with Crippen molar-refractivity contribution in [1.29, 1.82) is 0 Å². The predicted octanol–water partition coefficient (Wildman–Crippen LogP) is 1.30. The average Bonchev–Trinajstić information content (AvgIpc) is 3.60. The van der Waals surface area contributed by atoms with Crippen LogP contribution in [0.4, 0.5) is 0 Å². The van der Waals surface area contributed by atoms with E-state index < -0.39 is 99.7 Å². The summed E-state index contributed by atoms with van der Waals surface area (Å²) in [5.41, 5.74) is -5.19. The van der Waals surface area contributed by atoms with Gasteiger partial charge in [-0.3, -0.25) is 14.4 Å². The van der Waals surface area contributed by atoms with E-state index in [0.717, 1.165) is 0 Å². The number of Topliss-reactive ketones (excluding diaryl/α,β-unsaturated/α-hetero) is 1. The van der Waals surface area contributed by atoms with E-state index >= 15 is 0 Å². The number of epoxide rings is 1. The van der Waals surface area contributed by atoms with Crippen molar-refractivity contribution in [2.24, 2.45) is 57.7 Å². The summed E-state index contributed by atoms with van der Waals surface area (Å²) in [5, 5.41) is 36.0. The zero-order valence-electron chi connectivity index (χ0n) is 25.6. The van der Waals surface area contributed by atoms with E-state index in [-0.39, 0.29) is 30.3 Å². The van der Waals surface area contributed by atoms with Gasteiger partial charge in [-0.2, -0.15) is 0 Å². The highest BCUT2D eigenvalue weighted by atomic mass is 16.6. The molecule has 11 heteroatoms. The molecule has 236 valence electrons. The zero-order valence-corrected chi connectivity index (χ0v) is 25.6. The minimum atomic E-state index is -1.96. The number of fused-ring (bicyclic) bond motifs is 10. The summed E-state index contributed by atoms with van der Waals surface area (Å²) in [7, 11) is 0. The number of allylic oxidation sites excluding steroid dienone is 1. The molecular weight excluding hydrogens is 560 g/mol. The maximum atomic E-state index is 14.1. The van der Waals surface area contributed by atoms with Crippen LogP contribution in [0.15, 0.2) is 11.8 Å². The zero-order chi connectivity index (χ0) is 31.3. The predicted molar refractivity (Wildman–Crippen MR) is 145 cm³/mol. The molecule has 3 N–H and O–H groups in total. The van der Waals surface area contributed by atoms with Gasteiger partial charge in [0, 0.05) is 48.3 Å². The van der Waals surface area contributed by atoms with Crippen molar-refractivity contribution in [1.82, 2.24) is 0 Å². The molecule has 2 saturated heterocycles. The average molecular weight is 603 g/mol. The number of carbonyl (C=O) groups excluding carboxylic acids is 4. The fraction of sp³-hybridized carbons (Fsp3) is 0.812. The molecule has 0 amide bonds. The second kappa shape index (κ2) is 8.68. The van der Waals surface area contributed by atoms with Gasteiger partial charge in [0.15, 0.2) is 11.4 Å². The molecule has 0 unspecified atom stereocenters. The van der Waals surface area contributed by atoms with Gasteiger partial charge in [0.2, 0.25) is 0 Å². The van der Waals surface area contributed by atoms with Crippen LogP contribution < -0.4 is 0 Å². The number of carbonyl (C=O) groups is 4. The number of esters is 3. The molecule has 0 bridgehead atoms. The van der Waals surface area contributed by atoms with E-state index in [1.807, 2.05) is 26.8 Å². The SMILES string of the molecule is CC(=O)O[C@H]1C[C@H]2[C@H]([C@@H]3[C@@H](O)[C@H]4[C@H]([C@H](C)C=C5OC(=O)[C@@](C)(O)[C@@]54C)[C@]31C)[C@@H](O)C(=O)[C@H]1C[C@@H]3O[C@@H]3[C@H](OC(C)=O)[C@@]12C. The van der Waals surface area contributed by atoms with Crippen LogP contribution in [-0.2, 0) is 38.1 Å². The van der Waals surface area contributed by atoms with E-state index in [1.165, 1.54) is 20.8 Å². The van der Waals surface area contributed by atoms with Gasteiger partial charge in [0.05, 0.1) is 17.6 Å². The Morgan fingerprint density at radius 3 is 2.23 bits per heavy atom. The van der Waals surface area contributed by atoms with Crippen LogP contribution in [0.1, 0.15) is 61.3 Å². The molecule has 7 aliphatic rings. The van der Waals surface area contributed by atoms with Gasteiger partial charge < -0.3 is 34.3 Å². The number of ether oxygens (including phenoxy) is 4. The first kappa shape index (κ1) is 29.4. The Morgan fingerprint density at radius 2 is 1.60 bits per heavy atom. The first-order valence-electron chi connectivity index (χ1n) is 15.5. The van der Waals surface area contributed by atoms with Crippen molar-refractivity contribution >= 4 is 23.7 Å². The molecule has 6 fully saturated rings.